The number of aromatic nitrogens is 1. The molecule has 0 atom stereocenters. The lowest BCUT2D eigenvalue weighted by Gasteiger charge is -2.25. The van der Waals surface area contributed by atoms with Crippen LogP contribution in [0.25, 0.3) is 10.2 Å². The molecule has 2 aromatic carbocycles. The average molecular weight is 567 g/mol. The summed E-state index contributed by atoms with van der Waals surface area (Å²) in [5.74, 6) is -0.182. The van der Waals surface area contributed by atoms with E-state index in [1.54, 1.807) is 24.1 Å². The van der Waals surface area contributed by atoms with Gasteiger partial charge in [-0.3, -0.25) is 9.69 Å². The lowest BCUT2D eigenvalue weighted by molar-refractivity contribution is 0.0983. The Balaban J connectivity index is 0.00000481. The number of aryl methyl sites for hydroxylation is 2. The summed E-state index contributed by atoms with van der Waals surface area (Å²) in [7, 11) is -2.00. The van der Waals surface area contributed by atoms with Gasteiger partial charge in [0.25, 0.3) is 5.91 Å². The van der Waals surface area contributed by atoms with E-state index >= 15 is 0 Å². The Morgan fingerprint density at radius 2 is 1.59 bits per heavy atom. The molecule has 1 aromatic heterocycles. The highest BCUT2D eigenvalue weighted by Crippen LogP contribution is 2.32. The molecule has 1 heterocycles. The second-order valence-corrected chi connectivity index (χ2v) is 12.1. The molecule has 0 spiro atoms. The summed E-state index contributed by atoms with van der Waals surface area (Å²) < 4.78 is 28.2. The highest BCUT2D eigenvalue weighted by molar-refractivity contribution is 7.89. The third kappa shape index (κ3) is 7.09. The van der Waals surface area contributed by atoms with Crippen molar-refractivity contribution in [2.45, 2.75) is 52.4 Å². The molecular weight excluding hydrogens is 528 g/mol. The number of carbonyl (C=O) groups excluding carboxylic acids is 1. The number of fused-ring (bicyclic) bond motifs is 1. The number of nitrogens with zero attached hydrogens (tertiary/aromatic N) is 4. The molecule has 0 aliphatic heterocycles. The number of benzene rings is 2. The third-order valence-corrected chi connectivity index (χ3v) is 9.63. The largest absolute Gasteiger partial charge is 0.302 e. The van der Waals surface area contributed by atoms with Crippen molar-refractivity contribution in [3.05, 3.63) is 53.1 Å². The molecule has 1 amide bonds. The van der Waals surface area contributed by atoms with Crippen molar-refractivity contribution in [2.75, 3.05) is 44.7 Å². The summed E-state index contributed by atoms with van der Waals surface area (Å²) >= 11 is 1.51. The maximum atomic E-state index is 13.7. The molecule has 0 bridgehead atoms. The van der Waals surface area contributed by atoms with E-state index < -0.39 is 10.0 Å². The number of anilines is 1. The Hall–Kier alpha value is -2.04. The first-order chi connectivity index (χ1) is 17.1. The van der Waals surface area contributed by atoms with Crippen LogP contribution < -0.4 is 4.90 Å². The van der Waals surface area contributed by atoms with Gasteiger partial charge in [-0.25, -0.2) is 17.7 Å². The van der Waals surface area contributed by atoms with Gasteiger partial charge in [0.1, 0.15) is 0 Å². The van der Waals surface area contributed by atoms with E-state index in [1.807, 2.05) is 6.92 Å². The number of sulfonamides is 1. The van der Waals surface area contributed by atoms with Crippen LogP contribution in [-0.4, -0.2) is 68.3 Å². The van der Waals surface area contributed by atoms with Crippen LogP contribution in [0.5, 0.6) is 0 Å². The van der Waals surface area contributed by atoms with Gasteiger partial charge in [0, 0.05) is 32.2 Å². The van der Waals surface area contributed by atoms with Gasteiger partial charge in [-0.05, 0) is 74.8 Å². The zero-order valence-electron chi connectivity index (χ0n) is 22.7. The highest BCUT2D eigenvalue weighted by Gasteiger charge is 2.24. The quantitative estimate of drug-likeness (QED) is 0.279. The van der Waals surface area contributed by atoms with Gasteiger partial charge in [0.05, 0.1) is 15.1 Å². The minimum atomic E-state index is -3.59. The van der Waals surface area contributed by atoms with Gasteiger partial charge in [0.2, 0.25) is 10.0 Å². The van der Waals surface area contributed by atoms with E-state index in [-0.39, 0.29) is 23.2 Å². The lowest BCUT2D eigenvalue weighted by atomic mass is 10.1. The SMILES string of the molecule is CCCCN(C)S(=O)(=O)c1ccc(C(=O)N(CCN(CC)CC)c2nc3c(C)c(C)ccc3s2)cc1.Cl. The fourth-order valence-electron chi connectivity index (χ4n) is 4.00. The molecule has 0 fully saturated rings. The first-order valence-electron chi connectivity index (χ1n) is 12.6. The number of halogens is 1. The van der Waals surface area contributed by atoms with Gasteiger partial charge in [-0.2, -0.15) is 0 Å². The average Bonchev–Trinajstić information content (AvgIpc) is 3.32. The molecular formula is C27H39ClN4O3S2. The van der Waals surface area contributed by atoms with Crippen LogP contribution in [0.4, 0.5) is 5.13 Å². The lowest BCUT2D eigenvalue weighted by Crippen LogP contribution is -2.38. The smallest absolute Gasteiger partial charge is 0.260 e. The topological polar surface area (TPSA) is 73.8 Å². The second-order valence-electron chi connectivity index (χ2n) is 9.04. The summed E-state index contributed by atoms with van der Waals surface area (Å²) in [5.41, 5.74) is 3.65. The van der Waals surface area contributed by atoms with Crippen LogP contribution in [0.2, 0.25) is 0 Å². The third-order valence-electron chi connectivity index (χ3n) is 6.72. The van der Waals surface area contributed by atoms with Crippen LogP contribution in [0, 0.1) is 13.8 Å². The van der Waals surface area contributed by atoms with Gasteiger partial charge >= 0.3 is 0 Å². The van der Waals surface area contributed by atoms with Crippen molar-refractivity contribution < 1.29 is 13.2 Å². The number of amides is 1. The molecule has 0 radical (unpaired) electrons. The minimum absolute atomic E-state index is 0. The maximum Gasteiger partial charge on any atom is 0.260 e. The predicted molar refractivity (Wildman–Crippen MR) is 157 cm³/mol. The van der Waals surface area contributed by atoms with Crippen LogP contribution >= 0.6 is 23.7 Å². The van der Waals surface area contributed by atoms with Crippen molar-refractivity contribution in [2.24, 2.45) is 0 Å². The number of hydrogen-bond donors (Lipinski definition) is 0. The summed E-state index contributed by atoms with van der Waals surface area (Å²) in [6.07, 6.45) is 1.72. The fraction of sp³-hybridized carbons (Fsp3) is 0.481. The van der Waals surface area contributed by atoms with Crippen LogP contribution in [0.1, 0.15) is 55.1 Å². The van der Waals surface area contributed by atoms with Crippen molar-refractivity contribution in [1.29, 1.82) is 0 Å². The summed E-state index contributed by atoms with van der Waals surface area (Å²) in [5, 5.41) is 0.659. The monoisotopic (exact) mass is 566 g/mol. The van der Waals surface area contributed by atoms with Crippen molar-refractivity contribution in [3.63, 3.8) is 0 Å². The molecule has 7 nitrogen and oxygen atoms in total. The maximum absolute atomic E-state index is 13.7. The van der Waals surface area contributed by atoms with E-state index in [1.165, 1.54) is 33.3 Å². The Labute approximate surface area is 231 Å². The number of rotatable bonds is 12. The minimum Gasteiger partial charge on any atom is -0.302 e. The summed E-state index contributed by atoms with van der Waals surface area (Å²) in [4.78, 5) is 22.8. The molecule has 0 saturated carbocycles. The van der Waals surface area contributed by atoms with Crippen molar-refractivity contribution in [3.8, 4) is 0 Å². The number of unbranched alkanes of at least 4 members (excludes halogenated alkanes) is 1. The van der Waals surface area contributed by atoms with Gasteiger partial charge in [-0.1, -0.05) is 44.6 Å². The van der Waals surface area contributed by atoms with Crippen molar-refractivity contribution >= 4 is 55.0 Å². The van der Waals surface area contributed by atoms with E-state index in [0.717, 1.165) is 48.3 Å². The first kappa shape index (κ1) is 31.2. The molecule has 0 aliphatic rings. The summed E-state index contributed by atoms with van der Waals surface area (Å²) in [6.45, 7) is 13.8. The first-order valence-corrected chi connectivity index (χ1v) is 14.9. The van der Waals surface area contributed by atoms with Crippen molar-refractivity contribution in [1.82, 2.24) is 14.2 Å². The number of hydrogen-bond acceptors (Lipinski definition) is 6. The predicted octanol–water partition coefficient (Wildman–Crippen LogP) is 5.74. The normalized spacial score (nSPS) is 11.8. The highest BCUT2D eigenvalue weighted by atomic mass is 35.5. The second kappa shape index (κ2) is 13.7. The van der Waals surface area contributed by atoms with Gasteiger partial charge in [0.15, 0.2) is 5.13 Å². The standard InChI is InChI=1S/C27H38N4O3S2.ClH/c1-7-10-17-29(6)36(33,34)23-14-12-22(13-15-23)26(32)31(19-18-30(8-2)9-3)27-28-25-21(5)20(4)11-16-24(25)35-27;/h11-16H,7-10,17-19H2,1-6H3;1H. The molecule has 204 valence electrons. The molecule has 3 rings (SSSR count). The van der Waals surface area contributed by atoms with E-state index in [0.29, 0.717) is 23.8 Å². The van der Waals surface area contributed by atoms with Crippen LogP contribution in [0.15, 0.2) is 41.3 Å². The Bertz CT molecular complexity index is 1290. The molecule has 0 unspecified atom stereocenters. The molecule has 0 saturated heterocycles. The molecule has 0 aliphatic carbocycles. The molecule has 10 heteroatoms. The zero-order chi connectivity index (χ0) is 26.5. The number of carbonyl (C=O) groups is 1. The Morgan fingerprint density at radius 1 is 0.946 bits per heavy atom. The van der Waals surface area contributed by atoms with Crippen LogP contribution in [0.3, 0.4) is 0 Å². The zero-order valence-corrected chi connectivity index (χ0v) is 25.1. The molecule has 0 N–H and O–H groups in total. The van der Waals surface area contributed by atoms with Gasteiger partial charge in [-0.15, -0.1) is 12.4 Å². The molecule has 3 aromatic rings. The Morgan fingerprint density at radius 3 is 2.19 bits per heavy atom. The van der Waals surface area contributed by atoms with E-state index in [2.05, 4.69) is 44.7 Å². The van der Waals surface area contributed by atoms with Gasteiger partial charge < -0.3 is 4.90 Å². The molecule has 37 heavy (non-hydrogen) atoms. The number of likely N-dealkylation sites (N-methyl/N-ethyl adjacent to an activating group) is 1. The number of thiazole rings is 1. The van der Waals surface area contributed by atoms with E-state index in [4.69, 9.17) is 4.98 Å². The van der Waals surface area contributed by atoms with E-state index in [9.17, 15) is 13.2 Å². The Kier molecular flexibility index (Phi) is 11.5. The summed E-state index contributed by atoms with van der Waals surface area (Å²) in [6, 6.07) is 10.4. The van der Waals surface area contributed by atoms with Crippen LogP contribution in [-0.2, 0) is 10.0 Å². The fourth-order valence-corrected chi connectivity index (χ4v) is 6.26.